The molecule has 2 heteroatoms. The van der Waals surface area contributed by atoms with Crippen molar-refractivity contribution in [2.45, 2.75) is 51.1 Å². The van der Waals surface area contributed by atoms with Crippen molar-refractivity contribution in [1.29, 1.82) is 0 Å². The van der Waals surface area contributed by atoms with E-state index in [0.29, 0.717) is 5.04 Å². The Balaban J connectivity index is 2.51. The van der Waals surface area contributed by atoms with E-state index in [1.807, 2.05) is 0 Å². The maximum Gasteiger partial charge on any atom is 0.178 e. The molecular weight excluding hydrogens is 152 g/mol. The summed E-state index contributed by atoms with van der Waals surface area (Å²) in [5, 5.41) is 0.369. The maximum atomic E-state index is 9.84. The molecule has 1 N–H and O–H groups in total. The minimum Gasteiger partial charge on any atom is -0.434 e. The Labute approximate surface area is 71.5 Å². The van der Waals surface area contributed by atoms with Crippen LogP contribution in [0.1, 0.15) is 40.0 Å². The van der Waals surface area contributed by atoms with Gasteiger partial charge in [-0.05, 0) is 29.8 Å². The third-order valence-electron chi connectivity index (χ3n) is 2.90. The summed E-state index contributed by atoms with van der Waals surface area (Å²) in [6.45, 7) is 6.80. The van der Waals surface area contributed by atoms with Gasteiger partial charge in [-0.25, -0.2) is 0 Å². The second-order valence-corrected chi connectivity index (χ2v) is 7.66. The van der Waals surface area contributed by atoms with E-state index < -0.39 is 9.04 Å². The van der Waals surface area contributed by atoms with Crippen molar-refractivity contribution >= 4 is 9.04 Å². The standard InChI is InChI=1S/C9H20OSi/c1-8(2)7-9(3)5-4-6-11(9)10/h8,10-11H,4-7H2,1-3H3. The lowest BCUT2D eigenvalue weighted by Gasteiger charge is -2.28. The highest BCUT2D eigenvalue weighted by atomic mass is 28.3. The molecule has 0 aromatic heterocycles. The fourth-order valence-electron chi connectivity index (χ4n) is 2.39. The van der Waals surface area contributed by atoms with Gasteiger partial charge in [-0.3, -0.25) is 0 Å². The van der Waals surface area contributed by atoms with Crippen LogP contribution in [0.2, 0.25) is 11.1 Å². The maximum absolute atomic E-state index is 9.84. The number of hydrogen-bond acceptors (Lipinski definition) is 1. The average Bonchev–Trinajstić information content (AvgIpc) is 2.11. The molecular formula is C9H20OSi. The molecule has 1 rings (SSSR count). The Hall–Kier alpha value is 0.177. The molecule has 1 nitrogen and oxygen atoms in total. The van der Waals surface area contributed by atoms with E-state index in [2.05, 4.69) is 20.8 Å². The van der Waals surface area contributed by atoms with E-state index in [0.717, 1.165) is 12.0 Å². The SMILES string of the molecule is CC(C)CC1(C)CCC[SiH]1O. The molecule has 0 spiro atoms. The van der Waals surface area contributed by atoms with Gasteiger partial charge < -0.3 is 4.80 Å². The van der Waals surface area contributed by atoms with Crippen molar-refractivity contribution in [3.63, 3.8) is 0 Å². The first-order valence-corrected chi connectivity index (χ1v) is 6.64. The average molecular weight is 172 g/mol. The quantitative estimate of drug-likeness (QED) is 0.634. The Morgan fingerprint density at radius 2 is 2.18 bits per heavy atom. The summed E-state index contributed by atoms with van der Waals surface area (Å²) < 4.78 is 0. The van der Waals surface area contributed by atoms with E-state index in [1.165, 1.54) is 19.3 Å². The molecule has 1 saturated heterocycles. The van der Waals surface area contributed by atoms with E-state index >= 15 is 0 Å². The van der Waals surface area contributed by atoms with Gasteiger partial charge in [0, 0.05) is 0 Å². The Kier molecular flexibility index (Phi) is 2.76. The molecule has 11 heavy (non-hydrogen) atoms. The second kappa shape index (κ2) is 3.28. The van der Waals surface area contributed by atoms with Crippen molar-refractivity contribution < 1.29 is 4.80 Å². The van der Waals surface area contributed by atoms with Gasteiger partial charge in [0.05, 0.1) is 0 Å². The summed E-state index contributed by atoms with van der Waals surface area (Å²) in [6.07, 6.45) is 3.79. The highest BCUT2D eigenvalue weighted by Gasteiger charge is 2.39. The van der Waals surface area contributed by atoms with Crippen LogP contribution in [0, 0.1) is 5.92 Å². The molecule has 0 aromatic carbocycles. The Morgan fingerprint density at radius 1 is 1.55 bits per heavy atom. The molecule has 1 aliphatic heterocycles. The van der Waals surface area contributed by atoms with Crippen molar-refractivity contribution in [2.24, 2.45) is 5.92 Å². The zero-order valence-electron chi connectivity index (χ0n) is 7.93. The van der Waals surface area contributed by atoms with Crippen molar-refractivity contribution in [3.8, 4) is 0 Å². The summed E-state index contributed by atoms with van der Waals surface area (Å²) in [7, 11) is -1.34. The highest BCUT2D eigenvalue weighted by Crippen LogP contribution is 2.47. The molecule has 0 bridgehead atoms. The lowest BCUT2D eigenvalue weighted by atomic mass is 9.94. The minimum atomic E-state index is -1.34. The third kappa shape index (κ3) is 2.06. The molecule has 2 atom stereocenters. The van der Waals surface area contributed by atoms with Gasteiger partial charge in [0.2, 0.25) is 0 Å². The molecule has 2 unspecified atom stereocenters. The van der Waals surface area contributed by atoms with Crippen LogP contribution in [0.15, 0.2) is 0 Å². The summed E-state index contributed by atoms with van der Waals surface area (Å²) >= 11 is 0. The highest BCUT2D eigenvalue weighted by molar-refractivity contribution is 6.55. The molecule has 1 aliphatic rings. The zero-order valence-corrected chi connectivity index (χ0v) is 9.09. The van der Waals surface area contributed by atoms with Crippen LogP contribution in [-0.2, 0) is 0 Å². The van der Waals surface area contributed by atoms with Crippen molar-refractivity contribution in [2.75, 3.05) is 0 Å². The smallest absolute Gasteiger partial charge is 0.178 e. The summed E-state index contributed by atoms with van der Waals surface area (Å²) in [5.41, 5.74) is 0. The largest absolute Gasteiger partial charge is 0.434 e. The van der Waals surface area contributed by atoms with E-state index in [9.17, 15) is 4.80 Å². The van der Waals surface area contributed by atoms with E-state index in [4.69, 9.17) is 0 Å². The number of hydrogen-bond donors (Lipinski definition) is 1. The fourth-order valence-corrected chi connectivity index (χ4v) is 4.95. The first kappa shape index (κ1) is 9.27. The molecule has 0 aromatic rings. The minimum absolute atomic E-state index is 0.369. The van der Waals surface area contributed by atoms with Crippen molar-refractivity contribution in [1.82, 2.24) is 0 Å². The fraction of sp³-hybridized carbons (Fsp3) is 1.00. The molecule has 0 aliphatic carbocycles. The van der Waals surface area contributed by atoms with Crippen LogP contribution >= 0.6 is 0 Å². The lowest BCUT2D eigenvalue weighted by molar-refractivity contribution is 0.406. The van der Waals surface area contributed by atoms with Gasteiger partial charge in [-0.1, -0.05) is 27.2 Å². The van der Waals surface area contributed by atoms with Gasteiger partial charge in [-0.15, -0.1) is 0 Å². The summed E-state index contributed by atoms with van der Waals surface area (Å²) in [5.74, 6) is 0.750. The number of rotatable bonds is 2. The molecule has 0 radical (unpaired) electrons. The van der Waals surface area contributed by atoms with Crippen LogP contribution in [0.5, 0.6) is 0 Å². The predicted octanol–water partition coefficient (Wildman–Crippen LogP) is 2.30. The van der Waals surface area contributed by atoms with E-state index in [-0.39, 0.29) is 0 Å². The Morgan fingerprint density at radius 3 is 2.55 bits per heavy atom. The molecule has 66 valence electrons. The van der Waals surface area contributed by atoms with Gasteiger partial charge >= 0.3 is 0 Å². The van der Waals surface area contributed by atoms with Gasteiger partial charge in [-0.2, -0.15) is 0 Å². The first-order valence-electron chi connectivity index (χ1n) is 4.73. The summed E-state index contributed by atoms with van der Waals surface area (Å²) in [4.78, 5) is 9.84. The van der Waals surface area contributed by atoms with E-state index in [1.54, 1.807) is 0 Å². The molecule has 1 fully saturated rings. The van der Waals surface area contributed by atoms with Crippen LogP contribution in [-0.4, -0.2) is 13.8 Å². The topological polar surface area (TPSA) is 20.2 Å². The van der Waals surface area contributed by atoms with Gasteiger partial charge in [0.15, 0.2) is 9.04 Å². The van der Waals surface area contributed by atoms with Crippen LogP contribution in [0.4, 0.5) is 0 Å². The van der Waals surface area contributed by atoms with Crippen LogP contribution in [0.25, 0.3) is 0 Å². The van der Waals surface area contributed by atoms with Crippen LogP contribution < -0.4 is 0 Å². The van der Waals surface area contributed by atoms with Crippen LogP contribution in [0.3, 0.4) is 0 Å². The Bertz CT molecular complexity index is 136. The zero-order chi connectivity index (χ0) is 8.48. The first-order chi connectivity index (χ1) is 5.04. The molecule has 0 saturated carbocycles. The third-order valence-corrected chi connectivity index (χ3v) is 5.99. The second-order valence-electron chi connectivity index (χ2n) is 4.66. The monoisotopic (exact) mass is 172 g/mol. The normalized spacial score (nSPS) is 38.5. The molecule has 1 heterocycles. The predicted molar refractivity (Wildman–Crippen MR) is 51.2 cm³/mol. The van der Waals surface area contributed by atoms with Crippen molar-refractivity contribution in [3.05, 3.63) is 0 Å². The summed E-state index contributed by atoms with van der Waals surface area (Å²) in [6, 6.07) is 1.16. The molecule has 0 amide bonds. The lowest BCUT2D eigenvalue weighted by Crippen LogP contribution is -2.25. The van der Waals surface area contributed by atoms with Gasteiger partial charge in [0.25, 0.3) is 0 Å². The van der Waals surface area contributed by atoms with Gasteiger partial charge in [0.1, 0.15) is 0 Å².